The molecule has 1 heterocycles. The van der Waals surface area contributed by atoms with E-state index in [9.17, 15) is 0 Å². The van der Waals surface area contributed by atoms with Gasteiger partial charge in [0.1, 0.15) is 0 Å². The van der Waals surface area contributed by atoms with E-state index in [1.54, 1.807) is 0 Å². The van der Waals surface area contributed by atoms with Gasteiger partial charge in [0, 0.05) is 37.1 Å². The van der Waals surface area contributed by atoms with Gasteiger partial charge >= 0.3 is 0 Å². The Morgan fingerprint density at radius 1 is 0.333 bits per heavy atom. The normalized spacial score (nSPS) is 13.1. The van der Waals surface area contributed by atoms with E-state index < -0.39 is 5.41 Å². The average molecular weight is 742 g/mol. The molecule has 0 saturated carbocycles. The van der Waals surface area contributed by atoms with E-state index in [0.29, 0.717) is 0 Å². The summed E-state index contributed by atoms with van der Waals surface area (Å²) < 4.78 is 2.62. The van der Waals surface area contributed by atoms with Gasteiger partial charge in [0.2, 0.25) is 0 Å². The minimum atomic E-state index is -0.484. The van der Waals surface area contributed by atoms with Crippen molar-refractivity contribution in [2.24, 2.45) is 0 Å². The number of nitrogens with zero attached hydrogens (tertiary/aromatic N) is 1. The number of hydrogen-bond acceptors (Lipinski definition) is 2. The van der Waals surface area contributed by atoms with Crippen LogP contribution in [-0.2, 0) is 5.41 Å². The van der Waals surface area contributed by atoms with Crippen LogP contribution in [0.3, 0.4) is 0 Å². The fourth-order valence-electron chi connectivity index (χ4n) is 9.98. The molecule has 12 rings (SSSR count). The number of benzene rings is 9. The highest BCUT2D eigenvalue weighted by molar-refractivity contribution is 7.25. The van der Waals surface area contributed by atoms with Gasteiger partial charge in [-0.25, -0.2) is 0 Å². The third kappa shape index (κ3) is 4.62. The van der Waals surface area contributed by atoms with Crippen molar-refractivity contribution in [3.8, 4) is 44.5 Å². The Balaban J connectivity index is 1.13. The molecule has 0 aliphatic heterocycles. The van der Waals surface area contributed by atoms with Crippen LogP contribution in [0.4, 0.5) is 17.1 Å². The van der Waals surface area contributed by atoms with Gasteiger partial charge < -0.3 is 4.90 Å². The van der Waals surface area contributed by atoms with Crippen molar-refractivity contribution in [1.29, 1.82) is 0 Å². The molecule has 2 aliphatic carbocycles. The lowest BCUT2D eigenvalue weighted by Crippen LogP contribution is -2.26. The summed E-state index contributed by atoms with van der Waals surface area (Å²) >= 11 is 1.87. The van der Waals surface area contributed by atoms with E-state index in [-0.39, 0.29) is 0 Å². The van der Waals surface area contributed by atoms with Crippen LogP contribution in [0, 0.1) is 0 Å². The molecule has 2 heteroatoms. The van der Waals surface area contributed by atoms with E-state index in [4.69, 9.17) is 0 Å². The third-order valence-electron chi connectivity index (χ3n) is 12.3. The first-order chi connectivity index (χ1) is 28.3. The van der Waals surface area contributed by atoms with Crippen LogP contribution in [0.1, 0.15) is 22.3 Å². The first-order valence-corrected chi connectivity index (χ1v) is 20.5. The van der Waals surface area contributed by atoms with Gasteiger partial charge in [-0.05, 0) is 110 Å². The van der Waals surface area contributed by atoms with Crippen LogP contribution in [0.15, 0.2) is 212 Å². The highest BCUT2D eigenvalue weighted by atomic mass is 32.1. The molecule has 0 radical (unpaired) electrons. The maximum Gasteiger partial charge on any atom is 0.0726 e. The summed E-state index contributed by atoms with van der Waals surface area (Å²) in [5.41, 5.74) is 18.4. The SMILES string of the molecule is c1ccc(-c2ccc3c(c2)C2(c4ccccc4-c4ccccc42)c2cc(N(c4ccccc4)c4ccccc4-c4cccc5sc6ccccc6c45)ccc2-3)cc1. The Kier molecular flexibility index (Phi) is 7.08. The van der Waals surface area contributed by atoms with E-state index >= 15 is 0 Å². The minimum absolute atomic E-state index is 0.484. The second-order valence-electron chi connectivity index (χ2n) is 15.2. The molecule has 266 valence electrons. The Bertz CT molecular complexity index is 3150. The van der Waals surface area contributed by atoms with Crippen molar-refractivity contribution in [3.63, 3.8) is 0 Å². The van der Waals surface area contributed by atoms with Gasteiger partial charge in [-0.3, -0.25) is 0 Å². The van der Waals surface area contributed by atoms with Crippen molar-refractivity contribution in [2.75, 3.05) is 4.90 Å². The monoisotopic (exact) mass is 741 g/mol. The lowest BCUT2D eigenvalue weighted by Gasteiger charge is -2.33. The summed E-state index contributed by atoms with van der Waals surface area (Å²) in [6.45, 7) is 0. The quantitative estimate of drug-likeness (QED) is 0.170. The lowest BCUT2D eigenvalue weighted by molar-refractivity contribution is 0.794. The standard InChI is InChI=1S/C55H35NS/c1-3-16-36(17-4-1)37-30-32-42-43-33-31-39(35-50(43)55(49(42)34-37)47-25-11-7-20-40(47)41-21-8-12-26-48(41)55)56(38-18-5-2-6-19-38)51-27-13-9-22-44(51)45-24-15-29-53-54(45)46-23-10-14-28-52(46)57-53/h1-35H. The zero-order valence-electron chi connectivity index (χ0n) is 31.1. The number of para-hydroxylation sites is 2. The maximum absolute atomic E-state index is 2.50. The van der Waals surface area contributed by atoms with Crippen LogP contribution < -0.4 is 4.90 Å². The molecule has 0 N–H and O–H groups in total. The van der Waals surface area contributed by atoms with Crippen molar-refractivity contribution in [1.82, 2.24) is 0 Å². The number of hydrogen-bond donors (Lipinski definition) is 0. The molecule has 0 fully saturated rings. The highest BCUT2D eigenvalue weighted by Gasteiger charge is 2.52. The van der Waals surface area contributed by atoms with Crippen LogP contribution in [-0.4, -0.2) is 0 Å². The molecule has 0 atom stereocenters. The number of rotatable bonds is 5. The van der Waals surface area contributed by atoms with Crippen molar-refractivity contribution in [2.45, 2.75) is 5.41 Å². The van der Waals surface area contributed by atoms with Gasteiger partial charge in [-0.1, -0.05) is 164 Å². The van der Waals surface area contributed by atoms with Gasteiger partial charge in [-0.15, -0.1) is 11.3 Å². The summed E-state index contributed by atoms with van der Waals surface area (Å²) in [6.07, 6.45) is 0. The summed E-state index contributed by atoms with van der Waals surface area (Å²) in [7, 11) is 0. The first-order valence-electron chi connectivity index (χ1n) is 19.7. The van der Waals surface area contributed by atoms with Gasteiger partial charge in [0.25, 0.3) is 0 Å². The van der Waals surface area contributed by atoms with Gasteiger partial charge in [0.15, 0.2) is 0 Å². The minimum Gasteiger partial charge on any atom is -0.310 e. The molecule has 1 nitrogen and oxygen atoms in total. The highest BCUT2D eigenvalue weighted by Crippen LogP contribution is 2.64. The predicted molar refractivity (Wildman–Crippen MR) is 241 cm³/mol. The van der Waals surface area contributed by atoms with E-state index in [1.807, 2.05) is 11.3 Å². The predicted octanol–water partition coefficient (Wildman–Crippen LogP) is 15.2. The first kappa shape index (κ1) is 32.3. The van der Waals surface area contributed by atoms with E-state index in [2.05, 4.69) is 217 Å². The van der Waals surface area contributed by atoms with Crippen molar-refractivity contribution < 1.29 is 0 Å². The average Bonchev–Trinajstić information content (AvgIpc) is 3.91. The lowest BCUT2D eigenvalue weighted by atomic mass is 9.70. The summed E-state index contributed by atoms with van der Waals surface area (Å²) in [5, 5.41) is 2.62. The van der Waals surface area contributed by atoms with E-state index in [1.165, 1.54) is 86.9 Å². The Morgan fingerprint density at radius 2 is 0.895 bits per heavy atom. The Labute approximate surface area is 336 Å². The van der Waals surface area contributed by atoms with Crippen LogP contribution in [0.5, 0.6) is 0 Å². The van der Waals surface area contributed by atoms with Gasteiger partial charge in [-0.2, -0.15) is 0 Å². The molecule has 0 saturated heterocycles. The second kappa shape index (κ2) is 12.5. The van der Waals surface area contributed by atoms with E-state index in [0.717, 1.165) is 17.1 Å². The van der Waals surface area contributed by atoms with Crippen molar-refractivity contribution >= 4 is 48.6 Å². The zero-order valence-corrected chi connectivity index (χ0v) is 31.9. The molecule has 1 spiro atoms. The summed E-state index contributed by atoms with van der Waals surface area (Å²) in [5.74, 6) is 0. The maximum atomic E-state index is 2.50. The number of fused-ring (bicyclic) bond motifs is 13. The largest absolute Gasteiger partial charge is 0.310 e. The third-order valence-corrected chi connectivity index (χ3v) is 13.4. The second-order valence-corrected chi connectivity index (χ2v) is 16.2. The Hall–Kier alpha value is -7.00. The number of thiophene rings is 1. The summed E-state index contributed by atoms with van der Waals surface area (Å²) in [6, 6.07) is 78.8. The molecule has 9 aromatic carbocycles. The van der Waals surface area contributed by atoms with Crippen LogP contribution in [0.25, 0.3) is 64.7 Å². The molecule has 0 amide bonds. The molecule has 0 bridgehead atoms. The molecular weight excluding hydrogens is 707 g/mol. The fourth-order valence-corrected chi connectivity index (χ4v) is 11.1. The van der Waals surface area contributed by atoms with Gasteiger partial charge in [0.05, 0.1) is 11.1 Å². The fraction of sp³-hybridized carbons (Fsp3) is 0.0182. The molecule has 10 aromatic rings. The molecule has 2 aliphatic rings. The van der Waals surface area contributed by atoms with Crippen molar-refractivity contribution in [3.05, 3.63) is 235 Å². The molecular formula is C55H35NS. The van der Waals surface area contributed by atoms with Crippen LogP contribution in [0.2, 0.25) is 0 Å². The zero-order chi connectivity index (χ0) is 37.5. The molecule has 57 heavy (non-hydrogen) atoms. The van der Waals surface area contributed by atoms with Crippen LogP contribution >= 0.6 is 11.3 Å². The smallest absolute Gasteiger partial charge is 0.0726 e. The molecule has 0 unspecified atom stereocenters. The summed E-state index contributed by atoms with van der Waals surface area (Å²) in [4.78, 5) is 2.47. The number of anilines is 3. The molecule has 1 aromatic heterocycles. The topological polar surface area (TPSA) is 3.24 Å². The Morgan fingerprint density at radius 3 is 1.67 bits per heavy atom.